The largest absolute Gasteiger partial charge is 0.366 e. The topological polar surface area (TPSA) is 65.8 Å². The van der Waals surface area contributed by atoms with Crippen LogP contribution < -0.4 is 10.2 Å². The highest BCUT2D eigenvalue weighted by atomic mass is 19.1. The number of nitrogens with zero attached hydrogens (tertiary/aromatic N) is 5. The smallest absolute Gasteiger partial charge is 0.242 e. The second-order valence-electron chi connectivity index (χ2n) is 7.65. The van der Waals surface area contributed by atoms with Gasteiger partial charge in [0.2, 0.25) is 5.91 Å². The quantitative estimate of drug-likeness (QED) is 0.526. The molecule has 1 N–H and O–H groups in total. The van der Waals surface area contributed by atoms with Crippen LogP contribution in [0.3, 0.4) is 0 Å². The molecule has 2 aromatic carbocycles. The van der Waals surface area contributed by atoms with Crippen molar-refractivity contribution in [1.29, 1.82) is 0 Å². The van der Waals surface area contributed by atoms with Crippen molar-refractivity contribution >= 4 is 23.1 Å². The Hall–Kier alpha value is -3.94. The van der Waals surface area contributed by atoms with E-state index in [-0.39, 0.29) is 18.3 Å². The number of rotatable bonds is 5. The van der Waals surface area contributed by atoms with E-state index in [1.165, 1.54) is 6.07 Å². The SMILES string of the molecule is O=C(CNc1c(-c2ccccc2)nc2cnccn12)N1CCN(c2ccccc2F)CC1. The molecule has 1 amide bonds. The Kier molecular flexibility index (Phi) is 5.41. The fraction of sp³-hybridized carbons (Fsp3) is 0.208. The summed E-state index contributed by atoms with van der Waals surface area (Å²) in [4.78, 5) is 25.6. The zero-order valence-electron chi connectivity index (χ0n) is 17.5. The second kappa shape index (κ2) is 8.66. The Morgan fingerprint density at radius 1 is 1.00 bits per heavy atom. The van der Waals surface area contributed by atoms with Crippen LogP contribution in [0.5, 0.6) is 0 Å². The van der Waals surface area contributed by atoms with E-state index >= 15 is 0 Å². The summed E-state index contributed by atoms with van der Waals surface area (Å²) in [5.74, 6) is 0.526. The lowest BCUT2D eigenvalue weighted by molar-refractivity contribution is -0.129. The van der Waals surface area contributed by atoms with E-state index in [0.29, 0.717) is 37.5 Å². The van der Waals surface area contributed by atoms with Gasteiger partial charge >= 0.3 is 0 Å². The zero-order valence-corrected chi connectivity index (χ0v) is 17.5. The highest BCUT2D eigenvalue weighted by Gasteiger charge is 2.23. The number of piperazine rings is 1. The molecule has 1 saturated heterocycles. The maximum Gasteiger partial charge on any atom is 0.242 e. The first-order chi connectivity index (χ1) is 15.7. The molecule has 8 heteroatoms. The number of hydrogen-bond donors (Lipinski definition) is 1. The molecule has 3 heterocycles. The molecule has 32 heavy (non-hydrogen) atoms. The van der Waals surface area contributed by atoms with Crippen LogP contribution in [0.25, 0.3) is 16.9 Å². The van der Waals surface area contributed by atoms with Gasteiger partial charge in [0.1, 0.15) is 17.3 Å². The Morgan fingerprint density at radius 3 is 2.53 bits per heavy atom. The third-order valence-electron chi connectivity index (χ3n) is 5.71. The van der Waals surface area contributed by atoms with Gasteiger partial charge in [0.25, 0.3) is 0 Å². The third kappa shape index (κ3) is 3.87. The summed E-state index contributed by atoms with van der Waals surface area (Å²) in [6.07, 6.45) is 5.22. The molecule has 0 unspecified atom stereocenters. The summed E-state index contributed by atoms with van der Waals surface area (Å²) in [6.45, 7) is 2.46. The predicted octanol–water partition coefficient (Wildman–Crippen LogP) is 3.30. The summed E-state index contributed by atoms with van der Waals surface area (Å²) >= 11 is 0. The van der Waals surface area contributed by atoms with Crippen LogP contribution in [0.15, 0.2) is 73.2 Å². The standard InChI is InChI=1S/C24H23FN6O/c25-19-8-4-5-9-20(19)29-12-14-30(15-13-29)22(32)17-27-24-23(18-6-2-1-3-7-18)28-21-16-26-10-11-31(21)24/h1-11,16,27H,12-15,17H2. The van der Waals surface area contributed by atoms with E-state index in [4.69, 9.17) is 4.98 Å². The third-order valence-corrected chi connectivity index (χ3v) is 5.71. The minimum Gasteiger partial charge on any atom is -0.366 e. The first-order valence-electron chi connectivity index (χ1n) is 10.6. The number of amides is 1. The van der Waals surface area contributed by atoms with Gasteiger partial charge in [-0.3, -0.25) is 14.2 Å². The maximum atomic E-state index is 14.1. The number of aromatic nitrogens is 3. The lowest BCUT2D eigenvalue weighted by Crippen LogP contribution is -2.50. The summed E-state index contributed by atoms with van der Waals surface area (Å²) < 4.78 is 16.0. The molecule has 1 aliphatic rings. The van der Waals surface area contributed by atoms with Crippen molar-refractivity contribution in [2.24, 2.45) is 0 Å². The van der Waals surface area contributed by atoms with Crippen LogP contribution in [0.2, 0.25) is 0 Å². The Bertz CT molecular complexity index is 1230. The van der Waals surface area contributed by atoms with E-state index in [1.54, 1.807) is 24.5 Å². The molecular weight excluding hydrogens is 407 g/mol. The van der Waals surface area contributed by atoms with E-state index < -0.39 is 0 Å². The number of benzene rings is 2. The van der Waals surface area contributed by atoms with Gasteiger partial charge in [-0.2, -0.15) is 0 Å². The molecule has 1 aliphatic heterocycles. The van der Waals surface area contributed by atoms with Crippen LogP contribution in [0, 0.1) is 5.82 Å². The van der Waals surface area contributed by atoms with Crippen molar-refractivity contribution in [3.8, 4) is 11.3 Å². The number of hydrogen-bond acceptors (Lipinski definition) is 5. The molecule has 5 rings (SSSR count). The van der Waals surface area contributed by atoms with Crippen molar-refractivity contribution in [1.82, 2.24) is 19.3 Å². The van der Waals surface area contributed by atoms with Gasteiger partial charge in [-0.25, -0.2) is 9.37 Å². The Labute approximate surface area is 185 Å². The molecular formula is C24H23FN6O. The van der Waals surface area contributed by atoms with E-state index in [2.05, 4.69) is 10.3 Å². The highest BCUT2D eigenvalue weighted by Crippen LogP contribution is 2.28. The zero-order chi connectivity index (χ0) is 21.9. The lowest BCUT2D eigenvalue weighted by atomic mass is 10.1. The maximum absolute atomic E-state index is 14.1. The summed E-state index contributed by atoms with van der Waals surface area (Å²) in [6, 6.07) is 16.6. The number of fused-ring (bicyclic) bond motifs is 1. The molecule has 1 fully saturated rings. The first-order valence-corrected chi connectivity index (χ1v) is 10.6. The number of nitrogens with one attached hydrogen (secondary N) is 1. The van der Waals surface area contributed by atoms with Crippen molar-refractivity contribution in [2.75, 3.05) is 42.9 Å². The van der Waals surface area contributed by atoms with Crippen molar-refractivity contribution in [2.45, 2.75) is 0 Å². The van der Waals surface area contributed by atoms with Crippen molar-refractivity contribution in [3.63, 3.8) is 0 Å². The molecule has 0 radical (unpaired) electrons. The minimum atomic E-state index is -0.232. The summed E-state index contributed by atoms with van der Waals surface area (Å²) in [5.41, 5.74) is 3.03. The van der Waals surface area contributed by atoms with Gasteiger partial charge in [0.15, 0.2) is 5.65 Å². The van der Waals surface area contributed by atoms with Crippen molar-refractivity contribution < 1.29 is 9.18 Å². The van der Waals surface area contributed by atoms with Crippen LogP contribution >= 0.6 is 0 Å². The van der Waals surface area contributed by atoms with Gasteiger partial charge in [-0.15, -0.1) is 0 Å². The highest BCUT2D eigenvalue weighted by molar-refractivity contribution is 5.84. The number of halogens is 1. The monoisotopic (exact) mass is 430 g/mol. The molecule has 4 aromatic rings. The number of para-hydroxylation sites is 1. The normalized spacial score (nSPS) is 14.0. The molecule has 7 nitrogen and oxygen atoms in total. The van der Waals surface area contributed by atoms with E-state index in [1.807, 2.05) is 56.8 Å². The van der Waals surface area contributed by atoms with Gasteiger partial charge in [-0.05, 0) is 12.1 Å². The Morgan fingerprint density at radius 2 is 1.75 bits per heavy atom. The average Bonchev–Trinajstić information content (AvgIpc) is 3.22. The number of imidazole rings is 1. The average molecular weight is 430 g/mol. The van der Waals surface area contributed by atoms with Crippen LogP contribution in [-0.2, 0) is 4.79 Å². The van der Waals surface area contributed by atoms with E-state index in [0.717, 1.165) is 17.1 Å². The molecule has 0 atom stereocenters. The fourth-order valence-electron chi connectivity index (χ4n) is 4.05. The second-order valence-corrected chi connectivity index (χ2v) is 7.65. The fourth-order valence-corrected chi connectivity index (χ4v) is 4.05. The summed E-state index contributed by atoms with van der Waals surface area (Å²) in [5, 5.41) is 3.29. The van der Waals surface area contributed by atoms with Gasteiger partial charge in [0, 0.05) is 44.1 Å². The van der Waals surface area contributed by atoms with Gasteiger partial charge in [-0.1, -0.05) is 42.5 Å². The molecule has 2 aromatic heterocycles. The minimum absolute atomic E-state index is 0.00111. The number of carbonyl (C=O) groups is 1. The van der Waals surface area contributed by atoms with Gasteiger partial charge in [0.05, 0.1) is 18.4 Å². The van der Waals surface area contributed by atoms with E-state index in [9.17, 15) is 9.18 Å². The number of carbonyl (C=O) groups excluding carboxylic acids is 1. The predicted molar refractivity (Wildman–Crippen MR) is 122 cm³/mol. The van der Waals surface area contributed by atoms with Crippen LogP contribution in [0.4, 0.5) is 15.9 Å². The van der Waals surface area contributed by atoms with Gasteiger partial charge < -0.3 is 15.1 Å². The molecule has 0 spiro atoms. The molecule has 0 aliphatic carbocycles. The van der Waals surface area contributed by atoms with Crippen LogP contribution in [0.1, 0.15) is 0 Å². The Balaban J connectivity index is 1.28. The first kappa shape index (κ1) is 20.0. The molecule has 162 valence electrons. The number of anilines is 2. The van der Waals surface area contributed by atoms with Crippen molar-refractivity contribution in [3.05, 3.63) is 79.0 Å². The lowest BCUT2D eigenvalue weighted by Gasteiger charge is -2.36. The molecule has 0 saturated carbocycles. The van der Waals surface area contributed by atoms with Crippen LogP contribution in [-0.4, -0.2) is 57.9 Å². The summed E-state index contributed by atoms with van der Waals surface area (Å²) in [7, 11) is 0. The molecule has 0 bridgehead atoms.